The number of aromatic amines is 1. The molecule has 4 aromatic rings. The Kier molecular flexibility index (Phi) is 4.78. The Morgan fingerprint density at radius 1 is 1.07 bits per heavy atom. The maximum absolute atomic E-state index is 12.5. The first kappa shape index (κ1) is 17.8. The van der Waals surface area contributed by atoms with Crippen LogP contribution < -0.4 is 10.9 Å². The van der Waals surface area contributed by atoms with Gasteiger partial charge < -0.3 is 14.9 Å². The fourth-order valence-corrected chi connectivity index (χ4v) is 3.11. The van der Waals surface area contributed by atoms with Gasteiger partial charge in [0.15, 0.2) is 0 Å². The molecule has 2 aromatic carbocycles. The molecule has 4 rings (SSSR count). The molecule has 7 heteroatoms. The van der Waals surface area contributed by atoms with E-state index in [4.69, 9.17) is 11.6 Å². The molecule has 0 aliphatic heterocycles. The van der Waals surface area contributed by atoms with Crippen LogP contribution in [0, 0.1) is 0 Å². The van der Waals surface area contributed by atoms with Crippen molar-refractivity contribution in [2.45, 2.75) is 0 Å². The van der Waals surface area contributed by atoms with Crippen LogP contribution in [0.15, 0.2) is 84.2 Å². The Labute approximate surface area is 165 Å². The summed E-state index contributed by atoms with van der Waals surface area (Å²) in [7, 11) is 0. The highest BCUT2D eigenvalue weighted by Gasteiger charge is 2.13. The van der Waals surface area contributed by atoms with Gasteiger partial charge in [0.25, 0.3) is 11.5 Å². The van der Waals surface area contributed by atoms with Crippen molar-refractivity contribution in [3.8, 4) is 16.9 Å². The van der Waals surface area contributed by atoms with Crippen LogP contribution in [0.25, 0.3) is 16.9 Å². The fourth-order valence-electron chi connectivity index (χ4n) is 2.83. The normalized spacial score (nSPS) is 10.6. The average molecular weight is 391 g/mol. The van der Waals surface area contributed by atoms with E-state index >= 15 is 0 Å². The Balaban J connectivity index is 1.56. The number of hydrogen-bond donors (Lipinski definition) is 2. The third-order valence-electron chi connectivity index (χ3n) is 4.23. The number of imidazole rings is 1. The highest BCUT2D eigenvalue weighted by Crippen LogP contribution is 2.24. The summed E-state index contributed by atoms with van der Waals surface area (Å²) < 4.78 is 1.76. The van der Waals surface area contributed by atoms with Crippen molar-refractivity contribution in [1.29, 1.82) is 0 Å². The van der Waals surface area contributed by atoms with E-state index in [2.05, 4.69) is 15.3 Å². The summed E-state index contributed by atoms with van der Waals surface area (Å²) >= 11 is 6.30. The number of aromatic nitrogens is 3. The maximum atomic E-state index is 12.5. The van der Waals surface area contributed by atoms with Crippen LogP contribution in [-0.2, 0) is 0 Å². The number of H-pyrrole nitrogens is 1. The number of amides is 1. The molecule has 0 fully saturated rings. The minimum absolute atomic E-state index is 0.0227. The number of rotatable bonds is 4. The van der Waals surface area contributed by atoms with Crippen LogP contribution in [0.5, 0.6) is 0 Å². The first-order valence-corrected chi connectivity index (χ1v) is 8.87. The Morgan fingerprint density at radius 2 is 1.89 bits per heavy atom. The van der Waals surface area contributed by atoms with Crippen molar-refractivity contribution in [3.05, 3.63) is 100 Å². The van der Waals surface area contributed by atoms with Crippen molar-refractivity contribution in [3.63, 3.8) is 0 Å². The van der Waals surface area contributed by atoms with E-state index in [9.17, 15) is 9.59 Å². The molecule has 138 valence electrons. The van der Waals surface area contributed by atoms with Crippen molar-refractivity contribution >= 4 is 23.2 Å². The van der Waals surface area contributed by atoms with E-state index in [0.717, 1.165) is 11.3 Å². The number of pyridine rings is 1. The number of carbonyl (C=O) groups excluding carboxylic acids is 1. The molecule has 2 aromatic heterocycles. The zero-order valence-electron chi connectivity index (χ0n) is 14.6. The third-order valence-corrected chi connectivity index (χ3v) is 4.53. The van der Waals surface area contributed by atoms with E-state index in [1.54, 1.807) is 47.6 Å². The molecule has 0 atom stereocenters. The van der Waals surface area contributed by atoms with Crippen LogP contribution in [0.3, 0.4) is 0 Å². The van der Waals surface area contributed by atoms with Gasteiger partial charge in [0.05, 0.1) is 17.0 Å². The van der Waals surface area contributed by atoms with Crippen LogP contribution in [0.1, 0.15) is 10.4 Å². The molecule has 0 saturated heterocycles. The molecule has 0 radical (unpaired) electrons. The smallest absolute Gasteiger partial charge is 0.261 e. The lowest BCUT2D eigenvalue weighted by Gasteiger charge is -2.09. The topological polar surface area (TPSA) is 79.8 Å². The molecule has 0 aliphatic carbocycles. The van der Waals surface area contributed by atoms with Gasteiger partial charge in [-0.05, 0) is 35.9 Å². The first-order chi connectivity index (χ1) is 13.6. The molecule has 0 bridgehead atoms. The van der Waals surface area contributed by atoms with Crippen LogP contribution in [0.2, 0.25) is 5.02 Å². The summed E-state index contributed by atoms with van der Waals surface area (Å²) in [5.41, 5.74) is 2.31. The number of benzene rings is 2. The largest absolute Gasteiger partial charge is 0.322 e. The van der Waals surface area contributed by atoms with Crippen LogP contribution >= 0.6 is 11.6 Å². The molecule has 6 nitrogen and oxygen atoms in total. The lowest BCUT2D eigenvalue weighted by Crippen LogP contribution is -2.23. The van der Waals surface area contributed by atoms with Crippen molar-refractivity contribution < 1.29 is 4.79 Å². The molecular formula is C21H15ClN4O2. The molecule has 1 amide bonds. The molecule has 0 unspecified atom stereocenters. The van der Waals surface area contributed by atoms with E-state index < -0.39 is 11.5 Å². The maximum Gasteiger partial charge on any atom is 0.261 e. The quantitative estimate of drug-likeness (QED) is 0.549. The zero-order chi connectivity index (χ0) is 19.5. The van der Waals surface area contributed by atoms with Gasteiger partial charge in [0.1, 0.15) is 5.56 Å². The number of hydrogen-bond acceptors (Lipinski definition) is 3. The highest BCUT2D eigenvalue weighted by atomic mass is 35.5. The number of nitrogens with one attached hydrogen (secondary N) is 2. The summed E-state index contributed by atoms with van der Waals surface area (Å²) in [6.45, 7) is 0. The van der Waals surface area contributed by atoms with Gasteiger partial charge in [-0.1, -0.05) is 41.9 Å². The average Bonchev–Trinajstić information content (AvgIpc) is 3.23. The number of nitrogens with zero attached hydrogens (tertiary/aromatic N) is 2. The third kappa shape index (κ3) is 3.58. The van der Waals surface area contributed by atoms with Crippen LogP contribution in [-0.4, -0.2) is 20.4 Å². The zero-order valence-corrected chi connectivity index (χ0v) is 15.4. The SMILES string of the molecule is O=C(Nc1ccc(-n2ccnc2)c(Cl)c1)c1ccc(-c2ccccc2)[nH]c1=O. The summed E-state index contributed by atoms with van der Waals surface area (Å²) in [5.74, 6) is -0.507. The second-order valence-corrected chi connectivity index (χ2v) is 6.48. The minimum Gasteiger partial charge on any atom is -0.322 e. The standard InChI is InChI=1S/C21H15ClN4O2/c22-17-12-15(6-9-19(17)26-11-10-23-13-26)24-20(27)16-7-8-18(25-21(16)28)14-4-2-1-3-5-14/h1-13H,(H,24,27)(H,25,28). The van der Waals surface area contributed by atoms with Gasteiger partial charge >= 0.3 is 0 Å². The van der Waals surface area contributed by atoms with E-state index in [1.807, 2.05) is 30.3 Å². The van der Waals surface area contributed by atoms with Gasteiger partial charge in [-0.3, -0.25) is 9.59 Å². The van der Waals surface area contributed by atoms with E-state index in [-0.39, 0.29) is 5.56 Å². The lowest BCUT2D eigenvalue weighted by atomic mass is 10.1. The molecule has 28 heavy (non-hydrogen) atoms. The van der Waals surface area contributed by atoms with Crippen molar-refractivity contribution in [1.82, 2.24) is 14.5 Å². The Hall–Kier alpha value is -3.64. The predicted octanol–water partition coefficient (Wildman–Crippen LogP) is 4.13. The van der Waals surface area contributed by atoms with E-state index in [1.165, 1.54) is 6.07 Å². The highest BCUT2D eigenvalue weighted by molar-refractivity contribution is 6.32. The number of carbonyl (C=O) groups is 1. The fraction of sp³-hybridized carbons (Fsp3) is 0. The monoisotopic (exact) mass is 390 g/mol. The number of halogens is 1. The molecule has 2 N–H and O–H groups in total. The van der Waals surface area contributed by atoms with Crippen molar-refractivity contribution in [2.75, 3.05) is 5.32 Å². The molecule has 2 heterocycles. The molecule has 0 saturated carbocycles. The van der Waals surface area contributed by atoms with Gasteiger partial charge in [-0.2, -0.15) is 0 Å². The Morgan fingerprint density at radius 3 is 2.57 bits per heavy atom. The van der Waals surface area contributed by atoms with Gasteiger partial charge in [-0.15, -0.1) is 0 Å². The summed E-state index contributed by atoms with van der Waals surface area (Å²) in [5, 5.41) is 3.15. The van der Waals surface area contributed by atoms with Crippen LogP contribution in [0.4, 0.5) is 5.69 Å². The lowest BCUT2D eigenvalue weighted by molar-refractivity contribution is 0.102. The minimum atomic E-state index is -0.507. The second kappa shape index (κ2) is 7.54. The van der Waals surface area contributed by atoms with Gasteiger partial charge in [0.2, 0.25) is 0 Å². The predicted molar refractivity (Wildman–Crippen MR) is 109 cm³/mol. The summed E-state index contributed by atoms with van der Waals surface area (Å²) in [4.78, 5) is 31.6. The van der Waals surface area contributed by atoms with Crippen molar-refractivity contribution in [2.24, 2.45) is 0 Å². The Bertz CT molecular complexity index is 1180. The second-order valence-electron chi connectivity index (χ2n) is 6.07. The van der Waals surface area contributed by atoms with Gasteiger partial charge in [0, 0.05) is 23.8 Å². The molecular weight excluding hydrogens is 376 g/mol. The summed E-state index contributed by atoms with van der Waals surface area (Å²) in [6.07, 6.45) is 5.05. The van der Waals surface area contributed by atoms with E-state index in [0.29, 0.717) is 16.4 Å². The molecule has 0 spiro atoms. The molecule has 0 aliphatic rings. The summed E-state index contributed by atoms with van der Waals surface area (Å²) in [6, 6.07) is 17.8. The van der Waals surface area contributed by atoms with Gasteiger partial charge in [-0.25, -0.2) is 4.98 Å². The number of anilines is 1. The first-order valence-electron chi connectivity index (χ1n) is 8.50.